The van der Waals surface area contributed by atoms with E-state index in [2.05, 4.69) is 38.2 Å². The van der Waals surface area contributed by atoms with E-state index in [1.165, 1.54) is 10.5 Å². The van der Waals surface area contributed by atoms with Gasteiger partial charge in [-0.2, -0.15) is 0 Å². The third-order valence-corrected chi connectivity index (χ3v) is 5.91. The van der Waals surface area contributed by atoms with Crippen LogP contribution in [0.4, 0.5) is 5.69 Å². The Morgan fingerprint density at radius 3 is 2.35 bits per heavy atom. The van der Waals surface area contributed by atoms with Crippen LogP contribution in [0.25, 0.3) is 6.08 Å². The van der Waals surface area contributed by atoms with Crippen molar-refractivity contribution in [3.05, 3.63) is 95.2 Å². The number of rotatable bonds is 6. The molecule has 0 aromatic heterocycles. The summed E-state index contributed by atoms with van der Waals surface area (Å²) in [6, 6.07) is 23.2. The molecule has 3 aromatic rings. The van der Waals surface area contributed by atoms with E-state index in [0.717, 1.165) is 28.3 Å². The van der Waals surface area contributed by atoms with E-state index in [9.17, 15) is 4.79 Å². The molecule has 1 N–H and O–H groups in total. The number of amides is 1. The smallest absolute Gasteiger partial charge is 0.281 e. The van der Waals surface area contributed by atoms with Crippen LogP contribution in [0.1, 0.15) is 37.5 Å². The highest BCUT2D eigenvalue weighted by molar-refractivity contribution is 7.80. The van der Waals surface area contributed by atoms with Gasteiger partial charge in [-0.1, -0.05) is 57.2 Å². The van der Waals surface area contributed by atoms with Gasteiger partial charge in [0.1, 0.15) is 23.8 Å². The number of hydrogen-bond acceptors (Lipinski definition) is 4. The lowest BCUT2D eigenvalue weighted by atomic mass is 9.87. The number of hydrogen-bond donors (Lipinski definition) is 1. The lowest BCUT2D eigenvalue weighted by molar-refractivity contribution is -0.113. The summed E-state index contributed by atoms with van der Waals surface area (Å²) < 4.78 is 11.6. The Morgan fingerprint density at radius 2 is 1.71 bits per heavy atom. The number of carbonyl (C=O) groups excluding carboxylic acids is 1. The molecule has 0 aliphatic carbocycles. The molecule has 6 heteroatoms. The Hall–Kier alpha value is -3.64. The van der Waals surface area contributed by atoms with Gasteiger partial charge in [0.2, 0.25) is 0 Å². The average molecular weight is 473 g/mol. The molecule has 0 unspecified atom stereocenters. The Kier molecular flexibility index (Phi) is 6.70. The van der Waals surface area contributed by atoms with Gasteiger partial charge in [0.15, 0.2) is 5.11 Å². The van der Waals surface area contributed by atoms with Crippen molar-refractivity contribution in [1.82, 2.24) is 5.32 Å². The normalized spacial score (nSPS) is 14.9. The number of ether oxygens (including phenoxy) is 2. The monoisotopic (exact) mass is 472 g/mol. The first-order valence-corrected chi connectivity index (χ1v) is 11.5. The van der Waals surface area contributed by atoms with E-state index in [1.54, 1.807) is 13.2 Å². The van der Waals surface area contributed by atoms with Crippen LogP contribution in [0, 0.1) is 0 Å². The molecule has 1 amide bonds. The third-order valence-electron chi connectivity index (χ3n) is 5.62. The van der Waals surface area contributed by atoms with Crippen molar-refractivity contribution < 1.29 is 14.3 Å². The molecular formula is C28H28N2O3S. The highest BCUT2D eigenvalue weighted by Crippen LogP contribution is 2.27. The van der Waals surface area contributed by atoms with Gasteiger partial charge < -0.3 is 14.8 Å². The fraction of sp³-hybridized carbons (Fsp3) is 0.214. The number of nitrogens with one attached hydrogen (secondary N) is 1. The minimum Gasteiger partial charge on any atom is -0.496 e. The highest BCUT2D eigenvalue weighted by Gasteiger charge is 2.31. The van der Waals surface area contributed by atoms with Crippen LogP contribution in [0.5, 0.6) is 11.5 Å². The summed E-state index contributed by atoms with van der Waals surface area (Å²) in [5.41, 5.74) is 4.22. The Labute approximate surface area is 206 Å². The second-order valence-electron chi connectivity index (χ2n) is 9.10. The molecule has 0 saturated carbocycles. The summed E-state index contributed by atoms with van der Waals surface area (Å²) in [4.78, 5) is 14.5. The SMILES string of the molecule is COc1ccc(/C=C2/NC(=S)N(c3ccccc3)C2=O)cc1COc1ccc(C(C)(C)C)cc1. The van der Waals surface area contributed by atoms with Crippen molar-refractivity contribution in [3.8, 4) is 11.5 Å². The van der Waals surface area contributed by atoms with E-state index in [0.29, 0.717) is 17.4 Å². The van der Waals surface area contributed by atoms with Gasteiger partial charge in [-0.15, -0.1) is 0 Å². The van der Waals surface area contributed by atoms with E-state index >= 15 is 0 Å². The van der Waals surface area contributed by atoms with E-state index < -0.39 is 0 Å². The number of thiocarbonyl (C=S) groups is 1. The first-order chi connectivity index (χ1) is 16.3. The molecule has 1 fully saturated rings. The summed E-state index contributed by atoms with van der Waals surface area (Å²) >= 11 is 5.40. The Balaban J connectivity index is 1.53. The molecule has 1 saturated heterocycles. The lowest BCUT2D eigenvalue weighted by Gasteiger charge is -2.19. The van der Waals surface area contributed by atoms with Gasteiger partial charge in [0.25, 0.3) is 5.91 Å². The van der Waals surface area contributed by atoms with Crippen LogP contribution < -0.4 is 19.7 Å². The van der Waals surface area contributed by atoms with Gasteiger partial charge in [0, 0.05) is 5.56 Å². The van der Waals surface area contributed by atoms with E-state index in [-0.39, 0.29) is 11.3 Å². The molecule has 0 bridgehead atoms. The van der Waals surface area contributed by atoms with Crippen LogP contribution in [-0.4, -0.2) is 18.1 Å². The standard InChI is InChI=1S/C28H28N2O3S/c1-28(2,3)21-11-13-23(14-12-21)33-18-20-16-19(10-15-25(20)32-4)17-24-26(31)30(27(34)29-24)22-8-6-5-7-9-22/h5-17H,18H2,1-4H3,(H,29,34)/b24-17+. The first kappa shape index (κ1) is 23.5. The molecule has 0 radical (unpaired) electrons. The molecule has 1 heterocycles. The summed E-state index contributed by atoms with van der Waals surface area (Å²) in [6.07, 6.45) is 1.79. The van der Waals surface area contributed by atoms with Crippen LogP contribution >= 0.6 is 12.2 Å². The van der Waals surface area contributed by atoms with Crippen LogP contribution in [0.2, 0.25) is 0 Å². The Bertz CT molecular complexity index is 1230. The highest BCUT2D eigenvalue weighted by atomic mass is 32.1. The lowest BCUT2D eigenvalue weighted by Crippen LogP contribution is -2.30. The summed E-state index contributed by atoms with van der Waals surface area (Å²) in [5.74, 6) is 1.32. The molecule has 1 aliphatic rings. The number of nitrogens with zero attached hydrogens (tertiary/aromatic N) is 1. The molecule has 3 aromatic carbocycles. The maximum atomic E-state index is 13.0. The Morgan fingerprint density at radius 1 is 1.00 bits per heavy atom. The second-order valence-corrected chi connectivity index (χ2v) is 9.49. The number of carbonyl (C=O) groups is 1. The molecule has 1 aliphatic heterocycles. The number of para-hydroxylation sites is 1. The third kappa shape index (κ3) is 5.13. The van der Waals surface area contributed by atoms with Gasteiger partial charge in [-0.3, -0.25) is 9.69 Å². The first-order valence-electron chi connectivity index (χ1n) is 11.1. The summed E-state index contributed by atoms with van der Waals surface area (Å²) in [5, 5.41) is 3.39. The number of methoxy groups -OCH3 is 1. The van der Waals surface area contributed by atoms with Crippen molar-refractivity contribution in [2.24, 2.45) is 0 Å². The summed E-state index contributed by atoms with van der Waals surface area (Å²) in [7, 11) is 1.63. The van der Waals surface area contributed by atoms with Crippen molar-refractivity contribution >= 4 is 35.0 Å². The minimum absolute atomic E-state index is 0.0910. The molecule has 34 heavy (non-hydrogen) atoms. The molecule has 0 atom stereocenters. The second kappa shape index (κ2) is 9.69. The maximum Gasteiger partial charge on any atom is 0.281 e. The zero-order valence-electron chi connectivity index (χ0n) is 19.8. The van der Waals surface area contributed by atoms with Crippen molar-refractivity contribution in [2.45, 2.75) is 32.8 Å². The quantitative estimate of drug-likeness (QED) is 0.361. The number of anilines is 1. The fourth-order valence-corrected chi connectivity index (χ4v) is 4.02. The van der Waals surface area contributed by atoms with Gasteiger partial charge >= 0.3 is 0 Å². The van der Waals surface area contributed by atoms with Crippen LogP contribution in [0.3, 0.4) is 0 Å². The minimum atomic E-state index is -0.191. The van der Waals surface area contributed by atoms with Gasteiger partial charge in [-0.25, -0.2) is 0 Å². The van der Waals surface area contributed by atoms with Crippen molar-refractivity contribution in [1.29, 1.82) is 0 Å². The van der Waals surface area contributed by atoms with Crippen molar-refractivity contribution in [3.63, 3.8) is 0 Å². The largest absolute Gasteiger partial charge is 0.496 e. The predicted octanol–water partition coefficient (Wildman–Crippen LogP) is 5.83. The molecular weight excluding hydrogens is 444 g/mol. The van der Waals surface area contributed by atoms with Crippen molar-refractivity contribution in [2.75, 3.05) is 12.0 Å². The summed E-state index contributed by atoms with van der Waals surface area (Å²) in [6.45, 7) is 6.89. The molecule has 174 valence electrons. The van der Waals surface area contributed by atoms with Gasteiger partial charge in [-0.05, 0) is 71.2 Å². The van der Waals surface area contributed by atoms with E-state index in [4.69, 9.17) is 21.7 Å². The topological polar surface area (TPSA) is 50.8 Å². The maximum absolute atomic E-state index is 13.0. The number of benzene rings is 3. The zero-order valence-corrected chi connectivity index (χ0v) is 20.6. The van der Waals surface area contributed by atoms with E-state index in [1.807, 2.05) is 60.7 Å². The predicted molar refractivity (Wildman–Crippen MR) is 140 cm³/mol. The zero-order chi connectivity index (χ0) is 24.3. The molecule has 4 rings (SSSR count). The van der Waals surface area contributed by atoms with Crippen LogP contribution in [0.15, 0.2) is 78.5 Å². The average Bonchev–Trinajstić information content (AvgIpc) is 3.10. The molecule has 5 nitrogen and oxygen atoms in total. The molecule has 0 spiro atoms. The van der Waals surface area contributed by atoms with Crippen LogP contribution in [-0.2, 0) is 16.8 Å². The van der Waals surface area contributed by atoms with Gasteiger partial charge in [0.05, 0.1) is 12.8 Å². The fourth-order valence-electron chi connectivity index (χ4n) is 3.73.